The molecule has 90 valence electrons. The summed E-state index contributed by atoms with van der Waals surface area (Å²) in [6.45, 7) is 4.39. The van der Waals surface area contributed by atoms with Gasteiger partial charge in [-0.25, -0.2) is 4.79 Å². The van der Waals surface area contributed by atoms with Gasteiger partial charge in [-0.05, 0) is 20.3 Å². The lowest BCUT2D eigenvalue weighted by Crippen LogP contribution is -2.44. The summed E-state index contributed by atoms with van der Waals surface area (Å²) in [5.41, 5.74) is 0. The second kappa shape index (κ2) is 7.57. The molecule has 0 aromatic heterocycles. The maximum absolute atomic E-state index is 11.6. The number of carbonyl (C=O) groups is 2. The molecule has 0 fully saturated rings. The van der Waals surface area contributed by atoms with E-state index in [2.05, 4.69) is 11.2 Å². The average molecular weight is 226 g/mol. The number of carbonyl (C=O) groups excluding carboxylic acids is 1. The number of urea groups is 1. The van der Waals surface area contributed by atoms with Crippen LogP contribution in [-0.2, 0) is 4.79 Å². The van der Waals surface area contributed by atoms with Crippen molar-refractivity contribution in [2.24, 2.45) is 0 Å². The van der Waals surface area contributed by atoms with E-state index in [-0.39, 0.29) is 25.0 Å². The summed E-state index contributed by atoms with van der Waals surface area (Å²) in [5, 5.41) is 11.2. The number of hydrogen-bond acceptors (Lipinski definition) is 2. The Bertz CT molecular complexity index is 283. The van der Waals surface area contributed by atoms with Crippen molar-refractivity contribution in [2.75, 3.05) is 13.1 Å². The van der Waals surface area contributed by atoms with E-state index in [0.29, 0.717) is 13.0 Å². The molecule has 0 saturated carbocycles. The van der Waals surface area contributed by atoms with Gasteiger partial charge in [-0.3, -0.25) is 4.79 Å². The fourth-order valence-electron chi connectivity index (χ4n) is 1.15. The molecule has 0 heterocycles. The van der Waals surface area contributed by atoms with Crippen molar-refractivity contribution in [3.05, 3.63) is 0 Å². The van der Waals surface area contributed by atoms with E-state index in [0.717, 1.165) is 0 Å². The number of amides is 2. The Balaban J connectivity index is 4.02. The first-order valence-electron chi connectivity index (χ1n) is 5.22. The third-order valence-electron chi connectivity index (χ3n) is 2.11. The minimum Gasteiger partial charge on any atom is -0.481 e. The number of rotatable bonds is 6. The van der Waals surface area contributed by atoms with Crippen molar-refractivity contribution in [1.82, 2.24) is 10.2 Å². The van der Waals surface area contributed by atoms with Gasteiger partial charge in [0.1, 0.15) is 0 Å². The molecular formula is C11H18N2O3. The summed E-state index contributed by atoms with van der Waals surface area (Å²) in [6, 6.07) is -0.422. The van der Waals surface area contributed by atoms with Gasteiger partial charge in [0.15, 0.2) is 0 Å². The van der Waals surface area contributed by atoms with Crippen molar-refractivity contribution in [2.45, 2.75) is 32.7 Å². The van der Waals surface area contributed by atoms with Gasteiger partial charge in [0, 0.05) is 19.0 Å². The molecule has 0 rings (SSSR count). The number of carboxylic acids is 1. The highest BCUT2D eigenvalue weighted by Crippen LogP contribution is 1.98. The topological polar surface area (TPSA) is 69.6 Å². The molecule has 0 aliphatic carbocycles. The minimum atomic E-state index is -0.864. The molecule has 16 heavy (non-hydrogen) atoms. The zero-order valence-corrected chi connectivity index (χ0v) is 9.69. The van der Waals surface area contributed by atoms with Crippen LogP contribution in [0.2, 0.25) is 0 Å². The molecule has 5 heteroatoms. The third-order valence-corrected chi connectivity index (χ3v) is 2.11. The van der Waals surface area contributed by atoms with E-state index < -0.39 is 5.97 Å². The summed E-state index contributed by atoms with van der Waals surface area (Å²) >= 11 is 0. The number of carboxylic acid groups (broad SMARTS) is 1. The van der Waals surface area contributed by atoms with E-state index in [1.165, 1.54) is 4.90 Å². The average Bonchev–Trinajstić information content (AvgIpc) is 2.22. The summed E-state index contributed by atoms with van der Waals surface area (Å²) in [4.78, 5) is 23.4. The van der Waals surface area contributed by atoms with Gasteiger partial charge in [-0.15, -0.1) is 6.42 Å². The molecule has 0 saturated heterocycles. The molecule has 1 atom stereocenters. The molecule has 0 radical (unpaired) electrons. The number of hydrogen-bond donors (Lipinski definition) is 2. The van der Waals surface area contributed by atoms with Gasteiger partial charge in [-0.2, -0.15) is 0 Å². The summed E-state index contributed by atoms with van der Waals surface area (Å²) < 4.78 is 0. The van der Waals surface area contributed by atoms with Crippen LogP contribution >= 0.6 is 0 Å². The predicted octanol–water partition coefficient (Wildman–Crippen LogP) is 0.904. The zero-order valence-electron chi connectivity index (χ0n) is 9.69. The van der Waals surface area contributed by atoms with E-state index in [9.17, 15) is 9.59 Å². The van der Waals surface area contributed by atoms with Crippen LogP contribution in [0, 0.1) is 12.3 Å². The summed E-state index contributed by atoms with van der Waals surface area (Å²) in [5.74, 6) is 1.53. The molecule has 0 aliphatic heterocycles. The molecule has 1 unspecified atom stereocenters. The molecule has 2 amide bonds. The van der Waals surface area contributed by atoms with Gasteiger partial charge in [-0.1, -0.05) is 5.92 Å². The summed E-state index contributed by atoms with van der Waals surface area (Å²) in [6.07, 6.45) is 5.58. The second-order valence-electron chi connectivity index (χ2n) is 3.50. The van der Waals surface area contributed by atoms with Crippen LogP contribution in [0.5, 0.6) is 0 Å². The fraction of sp³-hybridized carbons (Fsp3) is 0.636. The van der Waals surface area contributed by atoms with Crippen LogP contribution in [0.3, 0.4) is 0 Å². The molecule has 0 aromatic carbocycles. The lowest BCUT2D eigenvalue weighted by atomic mass is 10.2. The molecule has 0 spiro atoms. The standard InChI is InChI=1S/C11H18N2O3/c1-4-8-13(5-2)11(16)12-9(3)6-7-10(14)15/h1,9H,5-8H2,2-3H3,(H,12,16)(H,14,15). The number of nitrogens with one attached hydrogen (secondary N) is 1. The molecule has 0 aromatic rings. The van der Waals surface area contributed by atoms with Gasteiger partial charge in [0.05, 0.1) is 6.54 Å². The van der Waals surface area contributed by atoms with Crippen LogP contribution in [0.15, 0.2) is 0 Å². The normalized spacial score (nSPS) is 11.3. The first-order chi connectivity index (χ1) is 7.51. The quantitative estimate of drug-likeness (QED) is 0.661. The van der Waals surface area contributed by atoms with Crippen LogP contribution < -0.4 is 5.32 Å². The SMILES string of the molecule is C#CCN(CC)C(=O)NC(C)CCC(=O)O. The van der Waals surface area contributed by atoms with Crippen molar-refractivity contribution in [1.29, 1.82) is 0 Å². The molecule has 2 N–H and O–H groups in total. The highest BCUT2D eigenvalue weighted by atomic mass is 16.4. The van der Waals surface area contributed by atoms with Crippen molar-refractivity contribution < 1.29 is 14.7 Å². The van der Waals surface area contributed by atoms with E-state index in [4.69, 9.17) is 11.5 Å². The maximum atomic E-state index is 11.6. The van der Waals surface area contributed by atoms with Gasteiger partial charge in [0.2, 0.25) is 0 Å². The van der Waals surface area contributed by atoms with Gasteiger partial charge < -0.3 is 15.3 Å². The molecule has 0 aliphatic rings. The monoisotopic (exact) mass is 226 g/mol. The lowest BCUT2D eigenvalue weighted by molar-refractivity contribution is -0.137. The van der Waals surface area contributed by atoms with Crippen LogP contribution in [0.1, 0.15) is 26.7 Å². The Kier molecular flexibility index (Phi) is 6.77. The number of terminal acetylenes is 1. The Morgan fingerprint density at radius 2 is 2.19 bits per heavy atom. The van der Waals surface area contributed by atoms with Crippen LogP contribution in [-0.4, -0.2) is 41.1 Å². The Hall–Kier alpha value is -1.70. The minimum absolute atomic E-state index is 0.0444. The zero-order chi connectivity index (χ0) is 12.6. The molecular weight excluding hydrogens is 208 g/mol. The smallest absolute Gasteiger partial charge is 0.318 e. The van der Waals surface area contributed by atoms with Crippen LogP contribution in [0.25, 0.3) is 0 Å². The van der Waals surface area contributed by atoms with E-state index in [1.807, 2.05) is 6.92 Å². The largest absolute Gasteiger partial charge is 0.481 e. The van der Waals surface area contributed by atoms with Crippen molar-refractivity contribution >= 4 is 12.0 Å². The van der Waals surface area contributed by atoms with Gasteiger partial charge >= 0.3 is 12.0 Å². The molecule has 0 bridgehead atoms. The first-order valence-corrected chi connectivity index (χ1v) is 5.22. The second-order valence-corrected chi connectivity index (χ2v) is 3.50. The third kappa shape index (κ3) is 5.91. The highest BCUT2D eigenvalue weighted by Gasteiger charge is 2.13. The number of nitrogens with zero attached hydrogens (tertiary/aromatic N) is 1. The van der Waals surface area contributed by atoms with Crippen LogP contribution in [0.4, 0.5) is 4.79 Å². The maximum Gasteiger partial charge on any atom is 0.318 e. The Morgan fingerprint density at radius 1 is 1.56 bits per heavy atom. The van der Waals surface area contributed by atoms with Crippen molar-refractivity contribution in [3.8, 4) is 12.3 Å². The Labute approximate surface area is 95.8 Å². The van der Waals surface area contributed by atoms with Gasteiger partial charge in [0.25, 0.3) is 0 Å². The first kappa shape index (κ1) is 14.3. The highest BCUT2D eigenvalue weighted by molar-refractivity contribution is 5.74. The Morgan fingerprint density at radius 3 is 2.62 bits per heavy atom. The van der Waals surface area contributed by atoms with Crippen molar-refractivity contribution in [3.63, 3.8) is 0 Å². The lowest BCUT2D eigenvalue weighted by Gasteiger charge is -2.21. The predicted molar refractivity (Wildman–Crippen MR) is 60.9 cm³/mol. The van der Waals surface area contributed by atoms with E-state index >= 15 is 0 Å². The summed E-state index contributed by atoms with van der Waals surface area (Å²) in [7, 11) is 0. The number of aliphatic carboxylic acids is 1. The van der Waals surface area contributed by atoms with E-state index in [1.54, 1.807) is 6.92 Å². The fourth-order valence-corrected chi connectivity index (χ4v) is 1.15. The molecule has 5 nitrogen and oxygen atoms in total.